The molecule has 0 fully saturated rings. The van der Waals surface area contributed by atoms with E-state index in [1.807, 2.05) is 12.1 Å². The number of phenolic OH excluding ortho intramolecular Hbond substituents is 1. The number of benzene rings is 2. The Morgan fingerprint density at radius 2 is 1.59 bits per heavy atom. The normalized spacial score (nSPS) is 13.2. The van der Waals surface area contributed by atoms with E-state index < -0.39 is 0 Å². The lowest BCUT2D eigenvalue weighted by atomic mass is 9.73. The van der Waals surface area contributed by atoms with Crippen LogP contribution in [0.25, 0.3) is 10.4 Å². The fraction of sp³-hybridized carbons (Fsp3) is 0.333. The largest absolute Gasteiger partial charge is 0.508 e. The summed E-state index contributed by atoms with van der Waals surface area (Å²) in [5.74, 6) is 0.268. The maximum Gasteiger partial charge on any atom is 0.115 e. The Bertz CT molecular complexity index is 610. The molecule has 1 unspecified atom stereocenters. The average Bonchev–Trinajstić information content (AvgIpc) is 2.52. The highest BCUT2D eigenvalue weighted by molar-refractivity contribution is 5.41. The van der Waals surface area contributed by atoms with E-state index in [-0.39, 0.29) is 11.2 Å². The van der Waals surface area contributed by atoms with Crippen LogP contribution in [-0.4, -0.2) is 11.7 Å². The van der Waals surface area contributed by atoms with Crippen molar-refractivity contribution in [3.63, 3.8) is 0 Å². The molecule has 0 saturated heterocycles. The standard InChI is InChI=1S/C18H21N3O/c1-14-4-6-15(7-5-14)18(2,12-3-13-20-21-19)16-8-10-17(22)11-9-16/h4-11,22H,3,12-13H2,1-2H3. The van der Waals surface area contributed by atoms with Gasteiger partial charge in [-0.15, -0.1) is 0 Å². The Morgan fingerprint density at radius 1 is 1.05 bits per heavy atom. The van der Waals surface area contributed by atoms with Gasteiger partial charge in [0.1, 0.15) is 5.75 Å². The van der Waals surface area contributed by atoms with Gasteiger partial charge in [0, 0.05) is 16.9 Å². The van der Waals surface area contributed by atoms with Gasteiger partial charge in [0.25, 0.3) is 0 Å². The second-order valence-electron chi connectivity index (χ2n) is 5.80. The van der Waals surface area contributed by atoms with E-state index in [1.165, 1.54) is 11.1 Å². The van der Waals surface area contributed by atoms with Gasteiger partial charge in [-0.2, -0.15) is 0 Å². The number of aromatic hydroxyl groups is 1. The maximum atomic E-state index is 9.52. The molecule has 0 radical (unpaired) electrons. The molecular formula is C18H21N3O. The van der Waals surface area contributed by atoms with Crippen molar-refractivity contribution in [1.82, 2.24) is 0 Å². The van der Waals surface area contributed by atoms with Crippen molar-refractivity contribution in [2.75, 3.05) is 6.54 Å². The second kappa shape index (κ2) is 7.01. The van der Waals surface area contributed by atoms with Crippen LogP contribution in [0.1, 0.15) is 36.5 Å². The maximum absolute atomic E-state index is 9.52. The third-order valence-electron chi connectivity index (χ3n) is 4.19. The first-order valence-electron chi connectivity index (χ1n) is 7.44. The highest BCUT2D eigenvalue weighted by Crippen LogP contribution is 2.37. The average molecular weight is 295 g/mol. The van der Waals surface area contributed by atoms with E-state index in [9.17, 15) is 5.11 Å². The minimum atomic E-state index is -0.174. The first-order chi connectivity index (χ1) is 10.6. The van der Waals surface area contributed by atoms with Crippen LogP contribution < -0.4 is 0 Å². The molecule has 1 atom stereocenters. The van der Waals surface area contributed by atoms with Gasteiger partial charge in [-0.1, -0.05) is 54.0 Å². The highest BCUT2D eigenvalue weighted by atomic mass is 16.3. The number of rotatable bonds is 6. The van der Waals surface area contributed by atoms with Gasteiger partial charge in [-0.05, 0) is 48.6 Å². The fourth-order valence-electron chi connectivity index (χ4n) is 2.75. The van der Waals surface area contributed by atoms with E-state index in [1.54, 1.807) is 12.1 Å². The van der Waals surface area contributed by atoms with Gasteiger partial charge in [0.2, 0.25) is 0 Å². The molecule has 2 rings (SSSR count). The zero-order valence-electron chi connectivity index (χ0n) is 13.0. The first kappa shape index (κ1) is 15.9. The van der Waals surface area contributed by atoms with Gasteiger partial charge >= 0.3 is 0 Å². The van der Waals surface area contributed by atoms with Crippen molar-refractivity contribution in [2.45, 2.75) is 32.1 Å². The van der Waals surface area contributed by atoms with Gasteiger partial charge in [0.05, 0.1) is 0 Å². The summed E-state index contributed by atoms with van der Waals surface area (Å²) >= 11 is 0. The molecule has 0 spiro atoms. The topological polar surface area (TPSA) is 69.0 Å². The van der Waals surface area contributed by atoms with E-state index in [0.29, 0.717) is 6.54 Å². The smallest absolute Gasteiger partial charge is 0.115 e. The molecular weight excluding hydrogens is 274 g/mol. The molecule has 114 valence electrons. The molecule has 22 heavy (non-hydrogen) atoms. The van der Waals surface area contributed by atoms with E-state index >= 15 is 0 Å². The van der Waals surface area contributed by atoms with Crippen molar-refractivity contribution in [2.24, 2.45) is 5.11 Å². The lowest BCUT2D eigenvalue weighted by Crippen LogP contribution is -2.24. The molecule has 0 bridgehead atoms. The summed E-state index contributed by atoms with van der Waals surface area (Å²) in [7, 11) is 0. The Kier molecular flexibility index (Phi) is 5.08. The first-order valence-corrected chi connectivity index (χ1v) is 7.44. The molecule has 0 aliphatic carbocycles. The Labute approximate surface area is 131 Å². The van der Waals surface area contributed by atoms with Crippen LogP contribution in [0.2, 0.25) is 0 Å². The van der Waals surface area contributed by atoms with Crippen LogP contribution in [0, 0.1) is 6.92 Å². The molecule has 4 heteroatoms. The minimum Gasteiger partial charge on any atom is -0.508 e. The van der Waals surface area contributed by atoms with Crippen LogP contribution >= 0.6 is 0 Å². The molecule has 0 aromatic heterocycles. The number of hydrogen-bond acceptors (Lipinski definition) is 2. The van der Waals surface area contributed by atoms with Crippen molar-refractivity contribution in [3.05, 3.63) is 75.7 Å². The van der Waals surface area contributed by atoms with E-state index in [4.69, 9.17) is 5.53 Å². The third-order valence-corrected chi connectivity index (χ3v) is 4.19. The number of phenols is 1. The molecule has 2 aromatic rings. The van der Waals surface area contributed by atoms with Gasteiger partial charge in [-0.3, -0.25) is 0 Å². The minimum absolute atomic E-state index is 0.174. The number of aryl methyl sites for hydroxylation is 1. The molecule has 0 saturated carbocycles. The molecule has 0 aliphatic heterocycles. The van der Waals surface area contributed by atoms with Crippen LogP contribution in [0.4, 0.5) is 0 Å². The molecule has 1 N–H and O–H groups in total. The summed E-state index contributed by atoms with van der Waals surface area (Å²) in [4.78, 5) is 2.82. The van der Waals surface area contributed by atoms with Gasteiger partial charge in [0.15, 0.2) is 0 Å². The Balaban J connectivity index is 2.36. The zero-order chi connectivity index (χ0) is 16.0. The van der Waals surface area contributed by atoms with Crippen LogP contribution in [0.15, 0.2) is 53.6 Å². The zero-order valence-corrected chi connectivity index (χ0v) is 13.0. The van der Waals surface area contributed by atoms with Crippen molar-refractivity contribution in [1.29, 1.82) is 0 Å². The number of nitrogens with zero attached hydrogens (tertiary/aromatic N) is 3. The van der Waals surface area contributed by atoms with Crippen LogP contribution in [0.5, 0.6) is 5.75 Å². The van der Waals surface area contributed by atoms with Crippen LogP contribution in [0.3, 0.4) is 0 Å². The highest BCUT2D eigenvalue weighted by Gasteiger charge is 2.28. The predicted octanol–water partition coefficient (Wildman–Crippen LogP) is 5.10. The van der Waals surface area contributed by atoms with Gasteiger partial charge in [-0.25, -0.2) is 0 Å². The lowest BCUT2D eigenvalue weighted by molar-refractivity contribution is 0.471. The quantitative estimate of drug-likeness (QED) is 0.342. The predicted molar refractivity (Wildman–Crippen MR) is 89.0 cm³/mol. The lowest BCUT2D eigenvalue weighted by Gasteiger charge is -2.31. The van der Waals surface area contributed by atoms with E-state index in [2.05, 4.69) is 48.1 Å². The molecule has 0 amide bonds. The SMILES string of the molecule is Cc1ccc(C(C)(CCCN=[N+]=[N-])c2ccc(O)cc2)cc1. The summed E-state index contributed by atoms with van der Waals surface area (Å²) in [5, 5.41) is 13.2. The second-order valence-corrected chi connectivity index (χ2v) is 5.80. The third kappa shape index (κ3) is 3.60. The summed E-state index contributed by atoms with van der Waals surface area (Å²) in [6, 6.07) is 15.9. The van der Waals surface area contributed by atoms with Gasteiger partial charge < -0.3 is 5.11 Å². The Hall–Kier alpha value is -2.45. The monoisotopic (exact) mass is 295 g/mol. The van der Waals surface area contributed by atoms with E-state index in [0.717, 1.165) is 18.4 Å². The summed E-state index contributed by atoms with van der Waals surface area (Å²) < 4.78 is 0. The summed E-state index contributed by atoms with van der Waals surface area (Å²) in [6.07, 6.45) is 1.69. The molecule has 0 heterocycles. The summed E-state index contributed by atoms with van der Waals surface area (Å²) in [5.41, 5.74) is 11.8. The number of hydrogen-bond donors (Lipinski definition) is 1. The molecule has 2 aromatic carbocycles. The van der Waals surface area contributed by atoms with Crippen LogP contribution in [-0.2, 0) is 5.41 Å². The summed E-state index contributed by atoms with van der Waals surface area (Å²) in [6.45, 7) is 4.76. The fourth-order valence-corrected chi connectivity index (χ4v) is 2.75. The van der Waals surface area contributed by atoms with Crippen molar-refractivity contribution in [3.8, 4) is 5.75 Å². The van der Waals surface area contributed by atoms with Crippen molar-refractivity contribution >= 4 is 0 Å². The Morgan fingerprint density at radius 3 is 2.14 bits per heavy atom. The van der Waals surface area contributed by atoms with Crippen molar-refractivity contribution < 1.29 is 5.11 Å². The number of azide groups is 1. The molecule has 4 nitrogen and oxygen atoms in total. The molecule has 0 aliphatic rings.